The molecule has 0 aliphatic heterocycles. The molecule has 4 rings (SSSR count). The van der Waals surface area contributed by atoms with Gasteiger partial charge in [0.15, 0.2) is 0 Å². The largest absolute Gasteiger partial charge is 0.441 e. The minimum atomic E-state index is -0.212. The molecule has 1 amide bonds. The van der Waals surface area contributed by atoms with E-state index in [0.717, 1.165) is 5.56 Å². The van der Waals surface area contributed by atoms with Crippen molar-refractivity contribution in [1.29, 1.82) is 0 Å². The van der Waals surface area contributed by atoms with Crippen molar-refractivity contribution in [3.8, 4) is 11.5 Å². The van der Waals surface area contributed by atoms with Crippen LogP contribution in [0.2, 0.25) is 0 Å². The molecule has 0 saturated heterocycles. The first-order valence-electron chi connectivity index (χ1n) is 8.40. The predicted molar refractivity (Wildman–Crippen MR) is 106 cm³/mol. The maximum absolute atomic E-state index is 12.6. The molecule has 0 bridgehead atoms. The van der Waals surface area contributed by atoms with Gasteiger partial charge in [-0.1, -0.05) is 6.07 Å². The number of fused-ring (bicyclic) bond motifs is 1. The molecule has 4 aromatic rings. The van der Waals surface area contributed by atoms with E-state index in [1.807, 2.05) is 22.9 Å². The molecule has 0 fully saturated rings. The third kappa shape index (κ3) is 3.29. The summed E-state index contributed by atoms with van der Waals surface area (Å²) in [4.78, 5) is 29.2. The van der Waals surface area contributed by atoms with Gasteiger partial charge >= 0.3 is 0 Å². The minimum absolute atomic E-state index is 0.0979. The van der Waals surface area contributed by atoms with Crippen LogP contribution in [-0.2, 0) is 18.3 Å². The SMILES string of the molecule is Cc1oc(-c2ccsc2)nc1CC(=O)Nc1cccc2c(=O)n(C)ccc12. The van der Waals surface area contributed by atoms with Crippen molar-refractivity contribution in [2.45, 2.75) is 13.3 Å². The Kier molecular flexibility index (Phi) is 4.37. The molecule has 3 aromatic heterocycles. The molecule has 27 heavy (non-hydrogen) atoms. The number of rotatable bonds is 4. The predicted octanol–water partition coefficient (Wildman–Crippen LogP) is 3.74. The smallest absolute Gasteiger partial charge is 0.258 e. The van der Waals surface area contributed by atoms with E-state index in [-0.39, 0.29) is 17.9 Å². The summed E-state index contributed by atoms with van der Waals surface area (Å²) >= 11 is 1.56. The molecule has 1 aromatic carbocycles. The Morgan fingerprint density at radius 1 is 1.26 bits per heavy atom. The average molecular weight is 379 g/mol. The maximum Gasteiger partial charge on any atom is 0.258 e. The van der Waals surface area contributed by atoms with Crippen LogP contribution in [0.25, 0.3) is 22.2 Å². The Hall–Kier alpha value is -3.19. The van der Waals surface area contributed by atoms with Crippen molar-refractivity contribution in [1.82, 2.24) is 9.55 Å². The van der Waals surface area contributed by atoms with Gasteiger partial charge in [0.2, 0.25) is 11.8 Å². The van der Waals surface area contributed by atoms with E-state index >= 15 is 0 Å². The number of carbonyl (C=O) groups excluding carboxylic acids is 1. The summed E-state index contributed by atoms with van der Waals surface area (Å²) < 4.78 is 7.19. The quantitative estimate of drug-likeness (QED) is 0.586. The number of pyridine rings is 1. The summed E-state index contributed by atoms with van der Waals surface area (Å²) in [6.07, 6.45) is 1.79. The topological polar surface area (TPSA) is 77.1 Å². The zero-order valence-corrected chi connectivity index (χ0v) is 15.7. The number of anilines is 1. The van der Waals surface area contributed by atoms with Gasteiger partial charge in [-0.3, -0.25) is 9.59 Å². The van der Waals surface area contributed by atoms with Gasteiger partial charge in [0, 0.05) is 40.6 Å². The number of nitrogens with one attached hydrogen (secondary N) is 1. The van der Waals surface area contributed by atoms with Crippen LogP contribution in [0.5, 0.6) is 0 Å². The highest BCUT2D eigenvalue weighted by Crippen LogP contribution is 2.25. The third-order valence-electron chi connectivity index (χ3n) is 4.38. The summed E-state index contributed by atoms with van der Waals surface area (Å²) in [5, 5.41) is 8.06. The summed E-state index contributed by atoms with van der Waals surface area (Å²) in [5.41, 5.74) is 2.01. The fourth-order valence-corrected chi connectivity index (χ4v) is 3.56. The Morgan fingerprint density at radius 3 is 2.89 bits per heavy atom. The van der Waals surface area contributed by atoms with E-state index < -0.39 is 0 Å². The Morgan fingerprint density at radius 2 is 2.11 bits per heavy atom. The molecule has 0 aliphatic rings. The second-order valence-corrected chi connectivity index (χ2v) is 7.04. The molecule has 3 heterocycles. The van der Waals surface area contributed by atoms with Crippen LogP contribution >= 0.6 is 11.3 Å². The normalized spacial score (nSPS) is 11.0. The number of amides is 1. The molecule has 0 unspecified atom stereocenters. The molecule has 0 spiro atoms. The van der Waals surface area contributed by atoms with Gasteiger partial charge < -0.3 is 14.3 Å². The highest BCUT2D eigenvalue weighted by Gasteiger charge is 2.16. The van der Waals surface area contributed by atoms with Crippen molar-refractivity contribution in [3.05, 3.63) is 69.1 Å². The van der Waals surface area contributed by atoms with E-state index in [9.17, 15) is 9.59 Å². The third-order valence-corrected chi connectivity index (χ3v) is 5.07. The van der Waals surface area contributed by atoms with Crippen LogP contribution < -0.4 is 10.9 Å². The lowest BCUT2D eigenvalue weighted by atomic mass is 10.1. The Bertz CT molecular complexity index is 1190. The number of thiophene rings is 1. The summed E-state index contributed by atoms with van der Waals surface area (Å²) in [7, 11) is 1.70. The van der Waals surface area contributed by atoms with E-state index in [4.69, 9.17) is 4.42 Å². The monoisotopic (exact) mass is 379 g/mol. The van der Waals surface area contributed by atoms with E-state index in [2.05, 4.69) is 10.3 Å². The Balaban J connectivity index is 1.58. The fraction of sp³-hybridized carbons (Fsp3) is 0.150. The van der Waals surface area contributed by atoms with Crippen molar-refractivity contribution < 1.29 is 9.21 Å². The first kappa shape index (κ1) is 17.2. The van der Waals surface area contributed by atoms with Gasteiger partial charge in [-0.15, -0.1) is 0 Å². The number of aromatic nitrogens is 2. The number of aryl methyl sites for hydroxylation is 2. The lowest BCUT2D eigenvalue weighted by Crippen LogP contribution is -2.18. The van der Waals surface area contributed by atoms with Crippen LogP contribution in [-0.4, -0.2) is 15.5 Å². The van der Waals surface area contributed by atoms with E-state index in [1.165, 1.54) is 4.57 Å². The number of hydrogen-bond acceptors (Lipinski definition) is 5. The van der Waals surface area contributed by atoms with Gasteiger partial charge in [-0.05, 0) is 36.6 Å². The molecule has 136 valence electrons. The van der Waals surface area contributed by atoms with Gasteiger partial charge in [0.05, 0.1) is 12.1 Å². The lowest BCUT2D eigenvalue weighted by molar-refractivity contribution is -0.115. The van der Waals surface area contributed by atoms with Gasteiger partial charge in [-0.25, -0.2) is 4.98 Å². The first-order valence-corrected chi connectivity index (χ1v) is 9.34. The fourth-order valence-electron chi connectivity index (χ4n) is 2.93. The summed E-state index contributed by atoms with van der Waals surface area (Å²) in [5.74, 6) is 0.930. The van der Waals surface area contributed by atoms with Gasteiger partial charge in [0.1, 0.15) is 5.76 Å². The van der Waals surface area contributed by atoms with Crippen LogP contribution in [0.1, 0.15) is 11.5 Å². The molecule has 6 nitrogen and oxygen atoms in total. The highest BCUT2D eigenvalue weighted by atomic mass is 32.1. The first-order chi connectivity index (χ1) is 13.0. The molecule has 0 saturated carbocycles. The van der Waals surface area contributed by atoms with Crippen LogP contribution in [0, 0.1) is 6.92 Å². The molecule has 0 radical (unpaired) electrons. The summed E-state index contributed by atoms with van der Waals surface area (Å²) in [6, 6.07) is 9.04. The standard InChI is InChI=1S/C20H17N3O3S/c1-12-17(22-19(26-12)13-7-9-27-11-13)10-18(24)21-16-5-3-4-15-14(16)6-8-23(2)20(15)25/h3-9,11H,10H2,1-2H3,(H,21,24). The average Bonchev–Trinajstić information content (AvgIpc) is 3.29. The second kappa shape index (κ2) is 6.85. The Labute approximate surface area is 159 Å². The second-order valence-electron chi connectivity index (χ2n) is 6.26. The van der Waals surface area contributed by atoms with Crippen molar-refractivity contribution in [3.63, 3.8) is 0 Å². The molecule has 7 heteroatoms. The summed E-state index contributed by atoms with van der Waals surface area (Å²) in [6.45, 7) is 1.80. The maximum atomic E-state index is 12.6. The van der Waals surface area contributed by atoms with Crippen molar-refractivity contribution >= 4 is 33.7 Å². The van der Waals surface area contributed by atoms with Crippen LogP contribution in [0.3, 0.4) is 0 Å². The molecular formula is C20H17N3O3S. The van der Waals surface area contributed by atoms with Crippen LogP contribution in [0.15, 0.2) is 56.5 Å². The van der Waals surface area contributed by atoms with E-state index in [0.29, 0.717) is 33.8 Å². The van der Waals surface area contributed by atoms with Crippen LogP contribution in [0.4, 0.5) is 5.69 Å². The van der Waals surface area contributed by atoms with Gasteiger partial charge in [-0.2, -0.15) is 11.3 Å². The van der Waals surface area contributed by atoms with Gasteiger partial charge in [0.25, 0.3) is 5.56 Å². The molecule has 1 N–H and O–H groups in total. The zero-order chi connectivity index (χ0) is 19.0. The zero-order valence-electron chi connectivity index (χ0n) is 14.9. The number of oxazole rings is 1. The minimum Gasteiger partial charge on any atom is -0.441 e. The molecular weight excluding hydrogens is 362 g/mol. The number of benzene rings is 1. The number of hydrogen-bond donors (Lipinski definition) is 1. The number of nitrogens with zero attached hydrogens (tertiary/aromatic N) is 2. The molecule has 0 atom stereocenters. The molecule has 0 aliphatic carbocycles. The highest BCUT2D eigenvalue weighted by molar-refractivity contribution is 7.08. The lowest BCUT2D eigenvalue weighted by Gasteiger charge is -2.09. The van der Waals surface area contributed by atoms with Crippen molar-refractivity contribution in [2.24, 2.45) is 7.05 Å². The number of carbonyl (C=O) groups is 1. The van der Waals surface area contributed by atoms with E-state index in [1.54, 1.807) is 49.7 Å². The van der Waals surface area contributed by atoms with Crippen molar-refractivity contribution in [2.75, 3.05) is 5.32 Å².